The van der Waals surface area contributed by atoms with Crippen molar-refractivity contribution >= 4 is 23.2 Å². The van der Waals surface area contributed by atoms with Gasteiger partial charge < -0.3 is 16.0 Å². The number of hydrogen-bond acceptors (Lipinski definition) is 5. The molecule has 0 atom stereocenters. The minimum Gasteiger partial charge on any atom is -0.330 e. The molecule has 0 unspecified atom stereocenters. The number of rotatable bonds is 9. The fraction of sp³-hybridized carbons (Fsp3) is 0.103. The molecule has 0 aliphatic heterocycles. The number of nitrogens with two attached hydrogens (primary N) is 1. The first kappa shape index (κ1) is 26.2. The lowest BCUT2D eigenvalue weighted by Crippen LogP contribution is -2.30. The summed E-state index contributed by atoms with van der Waals surface area (Å²) in [5, 5.41) is 13.6. The molecule has 0 spiro atoms. The lowest BCUT2D eigenvalue weighted by molar-refractivity contribution is -0.384. The maximum atomic E-state index is 13.8. The zero-order chi connectivity index (χ0) is 27.1. The van der Waals surface area contributed by atoms with Gasteiger partial charge in [-0.1, -0.05) is 42.5 Å². The predicted octanol–water partition coefficient (Wildman–Crippen LogP) is 5.29. The van der Waals surface area contributed by atoms with Crippen LogP contribution in [-0.4, -0.2) is 21.6 Å². The summed E-state index contributed by atoms with van der Waals surface area (Å²) in [6.07, 6.45) is 0. The van der Waals surface area contributed by atoms with Gasteiger partial charge in [0.05, 0.1) is 4.92 Å². The number of hydrogen-bond donors (Lipinski definition) is 2. The number of nitro benzene ring substituents is 1. The second-order valence-corrected chi connectivity index (χ2v) is 8.65. The first-order chi connectivity index (χ1) is 18.3. The van der Waals surface area contributed by atoms with E-state index < -0.39 is 16.6 Å². The van der Waals surface area contributed by atoms with Crippen molar-refractivity contribution in [2.45, 2.75) is 19.6 Å². The standard InChI is InChI=1S/C29H25FN4O4/c30-25-6-2-5-24(16-25)29(36)33(19-22-4-1-3-21(15-22)17-31)18-20-7-11-26(12-8-20)32-28(35)23-9-13-27(14-10-23)34(37)38/h1-16H,17-19,31H2,(H,32,35). The molecule has 2 amide bonds. The molecule has 3 N–H and O–H groups in total. The zero-order valence-electron chi connectivity index (χ0n) is 20.3. The van der Waals surface area contributed by atoms with Crippen LogP contribution >= 0.6 is 0 Å². The highest BCUT2D eigenvalue weighted by molar-refractivity contribution is 6.04. The van der Waals surface area contributed by atoms with Crippen LogP contribution < -0.4 is 11.1 Å². The topological polar surface area (TPSA) is 119 Å². The molecule has 8 nitrogen and oxygen atoms in total. The van der Waals surface area contributed by atoms with E-state index in [9.17, 15) is 24.1 Å². The Hall–Kier alpha value is -4.89. The van der Waals surface area contributed by atoms with Crippen molar-refractivity contribution in [3.8, 4) is 0 Å². The summed E-state index contributed by atoms with van der Waals surface area (Å²) in [6.45, 7) is 0.916. The van der Waals surface area contributed by atoms with Crippen molar-refractivity contribution in [2.75, 3.05) is 5.32 Å². The van der Waals surface area contributed by atoms with E-state index in [1.807, 2.05) is 24.3 Å². The number of carbonyl (C=O) groups excluding carboxylic acids is 2. The summed E-state index contributed by atoms with van der Waals surface area (Å²) < 4.78 is 13.8. The molecule has 192 valence electrons. The summed E-state index contributed by atoms with van der Waals surface area (Å²) in [6, 6.07) is 25.5. The quantitative estimate of drug-likeness (QED) is 0.233. The number of non-ortho nitro benzene ring substituents is 1. The summed E-state index contributed by atoms with van der Waals surface area (Å²) in [5.74, 6) is -1.22. The number of halogens is 1. The van der Waals surface area contributed by atoms with E-state index in [1.54, 1.807) is 35.2 Å². The molecule has 4 rings (SSSR count). The Morgan fingerprint density at radius 3 is 2.13 bits per heavy atom. The molecular weight excluding hydrogens is 487 g/mol. The third-order valence-corrected chi connectivity index (χ3v) is 5.88. The average Bonchev–Trinajstić information content (AvgIpc) is 2.93. The zero-order valence-corrected chi connectivity index (χ0v) is 20.3. The Kier molecular flexibility index (Phi) is 8.20. The van der Waals surface area contributed by atoms with Crippen LogP contribution in [0, 0.1) is 15.9 Å². The summed E-state index contributed by atoms with van der Waals surface area (Å²) in [4.78, 5) is 37.7. The number of anilines is 1. The largest absolute Gasteiger partial charge is 0.330 e. The highest BCUT2D eigenvalue weighted by Gasteiger charge is 2.18. The molecule has 0 fully saturated rings. The van der Waals surface area contributed by atoms with E-state index in [0.29, 0.717) is 18.8 Å². The van der Waals surface area contributed by atoms with Crippen LogP contribution in [0.3, 0.4) is 0 Å². The molecule has 0 bridgehead atoms. The van der Waals surface area contributed by atoms with Crippen LogP contribution in [0.1, 0.15) is 37.4 Å². The van der Waals surface area contributed by atoms with Crippen LogP contribution in [-0.2, 0) is 19.6 Å². The number of nitrogens with one attached hydrogen (secondary N) is 1. The lowest BCUT2D eigenvalue weighted by Gasteiger charge is -2.24. The van der Waals surface area contributed by atoms with Gasteiger partial charge in [0, 0.05) is 48.6 Å². The number of benzene rings is 4. The monoisotopic (exact) mass is 512 g/mol. The van der Waals surface area contributed by atoms with Gasteiger partial charge in [0.1, 0.15) is 5.82 Å². The summed E-state index contributed by atoms with van der Waals surface area (Å²) in [5.41, 5.74) is 9.35. The maximum Gasteiger partial charge on any atom is 0.269 e. The minimum absolute atomic E-state index is 0.0991. The van der Waals surface area contributed by atoms with Gasteiger partial charge in [0.15, 0.2) is 0 Å². The second-order valence-electron chi connectivity index (χ2n) is 8.65. The van der Waals surface area contributed by atoms with Gasteiger partial charge in [-0.3, -0.25) is 19.7 Å². The van der Waals surface area contributed by atoms with Gasteiger partial charge in [0.25, 0.3) is 17.5 Å². The van der Waals surface area contributed by atoms with Gasteiger partial charge in [-0.2, -0.15) is 0 Å². The Morgan fingerprint density at radius 2 is 1.47 bits per heavy atom. The Labute approximate surface area is 218 Å². The maximum absolute atomic E-state index is 13.8. The van der Waals surface area contributed by atoms with Gasteiger partial charge in [-0.25, -0.2) is 4.39 Å². The molecule has 0 aliphatic rings. The molecule has 4 aromatic carbocycles. The second kappa shape index (κ2) is 11.9. The number of carbonyl (C=O) groups is 2. The molecule has 0 saturated carbocycles. The molecular formula is C29H25FN4O4. The van der Waals surface area contributed by atoms with E-state index in [4.69, 9.17) is 5.73 Å². The van der Waals surface area contributed by atoms with E-state index >= 15 is 0 Å². The van der Waals surface area contributed by atoms with Gasteiger partial charge in [0.2, 0.25) is 0 Å². The van der Waals surface area contributed by atoms with Crippen molar-refractivity contribution in [1.82, 2.24) is 4.90 Å². The third-order valence-electron chi connectivity index (χ3n) is 5.88. The molecule has 4 aromatic rings. The molecule has 0 radical (unpaired) electrons. The number of amides is 2. The van der Waals surface area contributed by atoms with Gasteiger partial charge >= 0.3 is 0 Å². The third kappa shape index (κ3) is 6.65. The van der Waals surface area contributed by atoms with Crippen LogP contribution in [0.25, 0.3) is 0 Å². The SMILES string of the molecule is NCc1cccc(CN(Cc2ccc(NC(=O)c3ccc([N+](=O)[O-])cc3)cc2)C(=O)c2cccc(F)c2)c1. The van der Waals surface area contributed by atoms with E-state index in [0.717, 1.165) is 16.7 Å². The minimum atomic E-state index is -0.530. The number of nitrogens with zero attached hydrogens (tertiary/aromatic N) is 2. The molecule has 38 heavy (non-hydrogen) atoms. The lowest BCUT2D eigenvalue weighted by atomic mass is 10.1. The molecule has 0 saturated heterocycles. The van der Waals surface area contributed by atoms with E-state index in [2.05, 4.69) is 5.32 Å². The van der Waals surface area contributed by atoms with Gasteiger partial charge in [-0.05, 0) is 59.2 Å². The van der Waals surface area contributed by atoms with Crippen LogP contribution in [0.4, 0.5) is 15.8 Å². The van der Waals surface area contributed by atoms with E-state index in [1.165, 1.54) is 42.5 Å². The Morgan fingerprint density at radius 1 is 0.816 bits per heavy atom. The van der Waals surface area contributed by atoms with Crippen molar-refractivity contribution < 1.29 is 18.9 Å². The average molecular weight is 513 g/mol. The van der Waals surface area contributed by atoms with Crippen molar-refractivity contribution in [1.29, 1.82) is 0 Å². The highest BCUT2D eigenvalue weighted by Crippen LogP contribution is 2.19. The summed E-state index contributed by atoms with van der Waals surface area (Å²) in [7, 11) is 0. The molecule has 9 heteroatoms. The first-order valence-corrected chi connectivity index (χ1v) is 11.8. The smallest absolute Gasteiger partial charge is 0.269 e. The van der Waals surface area contributed by atoms with Crippen molar-refractivity contribution in [2.24, 2.45) is 5.73 Å². The number of nitro groups is 1. The van der Waals surface area contributed by atoms with Crippen molar-refractivity contribution in [3.63, 3.8) is 0 Å². The Balaban J connectivity index is 1.50. The van der Waals surface area contributed by atoms with E-state index in [-0.39, 0.29) is 29.3 Å². The first-order valence-electron chi connectivity index (χ1n) is 11.8. The predicted molar refractivity (Wildman–Crippen MR) is 142 cm³/mol. The van der Waals surface area contributed by atoms with Crippen molar-refractivity contribution in [3.05, 3.63) is 141 Å². The van der Waals surface area contributed by atoms with Crippen LogP contribution in [0.15, 0.2) is 97.1 Å². The molecule has 0 heterocycles. The van der Waals surface area contributed by atoms with Gasteiger partial charge in [-0.15, -0.1) is 0 Å². The fourth-order valence-corrected chi connectivity index (χ4v) is 3.93. The highest BCUT2D eigenvalue weighted by atomic mass is 19.1. The van der Waals surface area contributed by atoms with Crippen LogP contribution in [0.5, 0.6) is 0 Å². The normalized spacial score (nSPS) is 10.6. The summed E-state index contributed by atoms with van der Waals surface area (Å²) >= 11 is 0. The fourth-order valence-electron chi connectivity index (χ4n) is 3.93. The Bertz CT molecular complexity index is 1460. The molecule has 0 aliphatic carbocycles. The molecule has 0 aromatic heterocycles. The van der Waals surface area contributed by atoms with Crippen LogP contribution in [0.2, 0.25) is 0 Å².